The molecule has 0 radical (unpaired) electrons. The first-order valence-electron chi connectivity index (χ1n) is 6.16. The SMILES string of the molecule is CCN(Cc1ccc(C#N)cc1F)S(=O)(=O)c1cn[nH]c1. The molecule has 0 fully saturated rings. The van der Waals surface area contributed by atoms with E-state index in [-0.39, 0.29) is 29.1 Å². The van der Waals surface area contributed by atoms with Gasteiger partial charge in [-0.15, -0.1) is 0 Å². The number of hydrogen-bond acceptors (Lipinski definition) is 4. The number of nitrogens with one attached hydrogen (secondary N) is 1. The Morgan fingerprint density at radius 3 is 2.76 bits per heavy atom. The highest BCUT2D eigenvalue weighted by Crippen LogP contribution is 2.19. The van der Waals surface area contributed by atoms with E-state index in [1.807, 2.05) is 6.07 Å². The molecule has 1 aromatic heterocycles. The predicted octanol–water partition coefficient (Wildman–Crippen LogP) is 1.63. The average molecular weight is 308 g/mol. The van der Waals surface area contributed by atoms with Gasteiger partial charge in [0, 0.05) is 24.8 Å². The van der Waals surface area contributed by atoms with Crippen LogP contribution in [0.5, 0.6) is 0 Å². The molecule has 1 aromatic carbocycles. The van der Waals surface area contributed by atoms with Gasteiger partial charge in [-0.05, 0) is 12.1 Å². The van der Waals surface area contributed by atoms with Gasteiger partial charge < -0.3 is 0 Å². The molecule has 1 N–H and O–H groups in total. The summed E-state index contributed by atoms with van der Waals surface area (Å²) in [6.07, 6.45) is 2.47. The Labute approximate surface area is 121 Å². The molecule has 0 unspecified atom stereocenters. The van der Waals surface area contributed by atoms with E-state index in [1.54, 1.807) is 6.92 Å². The van der Waals surface area contributed by atoms with E-state index >= 15 is 0 Å². The summed E-state index contributed by atoms with van der Waals surface area (Å²) in [5.74, 6) is -0.602. The maximum atomic E-state index is 13.9. The molecule has 110 valence electrons. The molecule has 0 aliphatic heterocycles. The second-order valence-electron chi connectivity index (χ2n) is 4.28. The van der Waals surface area contributed by atoms with Gasteiger partial charge in [0.1, 0.15) is 10.7 Å². The summed E-state index contributed by atoms with van der Waals surface area (Å²) in [5, 5.41) is 14.8. The summed E-state index contributed by atoms with van der Waals surface area (Å²) in [6, 6.07) is 5.79. The highest BCUT2D eigenvalue weighted by molar-refractivity contribution is 7.89. The summed E-state index contributed by atoms with van der Waals surface area (Å²) in [6.45, 7) is 1.74. The van der Waals surface area contributed by atoms with Crippen LogP contribution < -0.4 is 0 Å². The van der Waals surface area contributed by atoms with Crippen molar-refractivity contribution in [3.05, 3.63) is 47.5 Å². The maximum absolute atomic E-state index is 13.9. The van der Waals surface area contributed by atoms with Gasteiger partial charge in [-0.2, -0.15) is 14.7 Å². The van der Waals surface area contributed by atoms with Gasteiger partial charge in [-0.3, -0.25) is 5.10 Å². The minimum Gasteiger partial charge on any atom is -0.284 e. The molecule has 8 heteroatoms. The monoisotopic (exact) mass is 308 g/mol. The predicted molar refractivity (Wildman–Crippen MR) is 73.0 cm³/mol. The largest absolute Gasteiger partial charge is 0.284 e. The number of nitriles is 1. The molecule has 21 heavy (non-hydrogen) atoms. The van der Waals surface area contributed by atoms with Gasteiger partial charge in [-0.25, -0.2) is 12.8 Å². The van der Waals surface area contributed by atoms with Gasteiger partial charge in [0.25, 0.3) is 0 Å². The van der Waals surface area contributed by atoms with Crippen LogP contribution in [0.15, 0.2) is 35.5 Å². The van der Waals surface area contributed by atoms with Crippen molar-refractivity contribution in [2.75, 3.05) is 6.54 Å². The number of aromatic amines is 1. The second kappa shape index (κ2) is 6.03. The van der Waals surface area contributed by atoms with Crippen LogP contribution in [-0.4, -0.2) is 29.5 Å². The van der Waals surface area contributed by atoms with Crippen LogP contribution in [0.1, 0.15) is 18.1 Å². The molecule has 0 saturated carbocycles. The van der Waals surface area contributed by atoms with Gasteiger partial charge in [0.15, 0.2) is 0 Å². The Kier molecular flexibility index (Phi) is 4.35. The number of benzene rings is 1. The van der Waals surface area contributed by atoms with Crippen LogP contribution in [0.2, 0.25) is 0 Å². The van der Waals surface area contributed by atoms with E-state index in [9.17, 15) is 12.8 Å². The van der Waals surface area contributed by atoms with Gasteiger partial charge in [0.05, 0.1) is 17.8 Å². The molecule has 0 bridgehead atoms. The third kappa shape index (κ3) is 3.09. The lowest BCUT2D eigenvalue weighted by molar-refractivity contribution is 0.415. The number of hydrogen-bond donors (Lipinski definition) is 1. The van der Waals surface area contributed by atoms with Crippen LogP contribution in [-0.2, 0) is 16.6 Å². The fourth-order valence-electron chi connectivity index (χ4n) is 1.83. The van der Waals surface area contributed by atoms with E-state index < -0.39 is 15.8 Å². The zero-order valence-corrected chi connectivity index (χ0v) is 12.1. The minimum absolute atomic E-state index is 0.0263. The molecule has 2 rings (SSSR count). The molecule has 2 aromatic rings. The Morgan fingerprint density at radius 2 is 2.24 bits per heavy atom. The number of nitrogens with zero attached hydrogens (tertiary/aromatic N) is 3. The van der Waals surface area contributed by atoms with Crippen LogP contribution in [0.25, 0.3) is 0 Å². The molecule has 0 atom stereocenters. The van der Waals surface area contributed by atoms with Crippen molar-refractivity contribution in [1.82, 2.24) is 14.5 Å². The molecule has 0 aliphatic rings. The van der Waals surface area contributed by atoms with E-state index in [0.717, 1.165) is 10.4 Å². The molecule has 6 nitrogen and oxygen atoms in total. The highest BCUT2D eigenvalue weighted by atomic mass is 32.2. The summed E-state index contributed by atoms with van der Waals surface area (Å²) in [4.78, 5) is 0.0263. The van der Waals surface area contributed by atoms with Crippen molar-refractivity contribution in [3.8, 4) is 6.07 Å². The number of sulfonamides is 1. The average Bonchev–Trinajstić information content (AvgIpc) is 3.00. The van der Waals surface area contributed by atoms with Gasteiger partial charge in [-0.1, -0.05) is 13.0 Å². The summed E-state index contributed by atoms with van der Waals surface area (Å²) in [7, 11) is -3.73. The van der Waals surface area contributed by atoms with Crippen LogP contribution in [0, 0.1) is 17.1 Å². The number of halogens is 1. The Morgan fingerprint density at radius 1 is 1.48 bits per heavy atom. The minimum atomic E-state index is -3.73. The van der Waals surface area contributed by atoms with Gasteiger partial charge >= 0.3 is 0 Å². The van der Waals surface area contributed by atoms with Crippen molar-refractivity contribution in [2.24, 2.45) is 0 Å². The second-order valence-corrected chi connectivity index (χ2v) is 6.22. The molecule has 0 amide bonds. The van der Waals surface area contributed by atoms with Crippen LogP contribution in [0.4, 0.5) is 4.39 Å². The zero-order valence-electron chi connectivity index (χ0n) is 11.2. The fraction of sp³-hybridized carbons (Fsp3) is 0.231. The smallest absolute Gasteiger partial charge is 0.246 e. The van der Waals surface area contributed by atoms with E-state index in [0.29, 0.717) is 0 Å². The first-order valence-corrected chi connectivity index (χ1v) is 7.60. The lowest BCUT2D eigenvalue weighted by Gasteiger charge is -2.19. The lowest BCUT2D eigenvalue weighted by Crippen LogP contribution is -2.30. The molecule has 0 spiro atoms. The zero-order chi connectivity index (χ0) is 15.5. The normalized spacial score (nSPS) is 11.5. The molecular formula is C13H13FN4O2S. The fourth-order valence-corrected chi connectivity index (χ4v) is 3.17. The molecular weight excluding hydrogens is 295 g/mol. The number of aromatic nitrogens is 2. The van der Waals surface area contributed by atoms with Gasteiger partial charge in [0.2, 0.25) is 10.0 Å². The summed E-state index contributed by atoms with van der Waals surface area (Å²) in [5.41, 5.74) is 0.403. The van der Waals surface area contributed by atoms with Crippen molar-refractivity contribution in [1.29, 1.82) is 5.26 Å². The first kappa shape index (κ1) is 15.2. The van der Waals surface area contributed by atoms with Crippen molar-refractivity contribution in [2.45, 2.75) is 18.4 Å². The topological polar surface area (TPSA) is 89.8 Å². The third-order valence-corrected chi connectivity index (χ3v) is 4.88. The maximum Gasteiger partial charge on any atom is 0.246 e. The standard InChI is InChI=1S/C13H13FN4O2S/c1-2-18(21(19,20)12-7-16-17-8-12)9-11-4-3-10(6-15)5-13(11)14/h3-5,7-8H,2,9H2,1H3,(H,16,17). The lowest BCUT2D eigenvalue weighted by atomic mass is 10.1. The van der Waals surface area contributed by atoms with Crippen LogP contribution >= 0.6 is 0 Å². The Hall–Kier alpha value is -2.24. The first-order chi connectivity index (χ1) is 9.98. The van der Waals surface area contributed by atoms with Crippen molar-refractivity contribution >= 4 is 10.0 Å². The van der Waals surface area contributed by atoms with E-state index in [2.05, 4.69) is 10.2 Å². The van der Waals surface area contributed by atoms with Crippen molar-refractivity contribution in [3.63, 3.8) is 0 Å². The molecule has 1 heterocycles. The van der Waals surface area contributed by atoms with E-state index in [4.69, 9.17) is 5.26 Å². The Bertz CT molecular complexity index is 766. The number of rotatable bonds is 5. The van der Waals surface area contributed by atoms with E-state index in [1.165, 1.54) is 24.5 Å². The third-order valence-electron chi connectivity index (χ3n) is 2.99. The van der Waals surface area contributed by atoms with Crippen LogP contribution in [0.3, 0.4) is 0 Å². The quantitative estimate of drug-likeness (QED) is 0.909. The Balaban J connectivity index is 2.30. The summed E-state index contributed by atoms with van der Waals surface area (Å²) >= 11 is 0. The van der Waals surface area contributed by atoms with Crippen molar-refractivity contribution < 1.29 is 12.8 Å². The highest BCUT2D eigenvalue weighted by Gasteiger charge is 2.25. The summed E-state index contributed by atoms with van der Waals surface area (Å²) < 4.78 is 39.7. The molecule has 0 saturated heterocycles. The molecule has 0 aliphatic carbocycles. The number of H-pyrrole nitrogens is 1.